The molecule has 3 aromatic rings. The number of nitrogens with one attached hydrogen (secondary N) is 1. The fraction of sp³-hybridized carbons (Fsp3) is 0.176. The number of carbonyl (C=O) groups excluding carboxylic acids is 3. The Labute approximate surface area is 151 Å². The molecule has 9 heteroatoms. The third-order valence-electron chi connectivity index (χ3n) is 3.45. The third kappa shape index (κ3) is 3.72. The number of furan rings is 1. The SMILES string of the molecule is COC(=O)Cn1c(=NC(=O)c2ccco2)sc2cc(NC(C)=O)ccc21. The number of rotatable bonds is 4. The highest BCUT2D eigenvalue weighted by Gasteiger charge is 2.14. The number of hydrogen-bond donors (Lipinski definition) is 1. The highest BCUT2D eigenvalue weighted by Crippen LogP contribution is 2.22. The summed E-state index contributed by atoms with van der Waals surface area (Å²) in [5, 5.41) is 2.70. The average Bonchev–Trinajstić information content (AvgIpc) is 3.23. The smallest absolute Gasteiger partial charge is 0.325 e. The lowest BCUT2D eigenvalue weighted by Crippen LogP contribution is -2.22. The fourth-order valence-electron chi connectivity index (χ4n) is 2.33. The number of benzene rings is 1. The van der Waals surface area contributed by atoms with E-state index in [0.717, 1.165) is 4.70 Å². The Balaban J connectivity index is 2.12. The second-order valence-electron chi connectivity index (χ2n) is 5.30. The van der Waals surface area contributed by atoms with E-state index in [1.807, 2.05) is 0 Å². The highest BCUT2D eigenvalue weighted by molar-refractivity contribution is 7.16. The van der Waals surface area contributed by atoms with Crippen molar-refractivity contribution in [1.29, 1.82) is 0 Å². The van der Waals surface area contributed by atoms with Gasteiger partial charge in [-0.2, -0.15) is 4.99 Å². The minimum absolute atomic E-state index is 0.0970. The van der Waals surface area contributed by atoms with Gasteiger partial charge in [0.1, 0.15) is 6.54 Å². The van der Waals surface area contributed by atoms with Gasteiger partial charge < -0.3 is 19.0 Å². The molecule has 1 N–H and O–H groups in total. The van der Waals surface area contributed by atoms with Crippen LogP contribution in [0.2, 0.25) is 0 Å². The molecule has 134 valence electrons. The second kappa shape index (κ2) is 7.36. The van der Waals surface area contributed by atoms with E-state index in [1.54, 1.807) is 28.8 Å². The Bertz CT molecular complexity index is 1050. The molecule has 2 heterocycles. The van der Waals surface area contributed by atoms with Crippen molar-refractivity contribution in [2.45, 2.75) is 13.5 Å². The molecule has 2 amide bonds. The maximum absolute atomic E-state index is 12.2. The lowest BCUT2D eigenvalue weighted by Gasteiger charge is -2.05. The monoisotopic (exact) mass is 373 g/mol. The number of fused-ring (bicyclic) bond motifs is 1. The summed E-state index contributed by atoms with van der Waals surface area (Å²) in [4.78, 5) is 39.6. The van der Waals surface area contributed by atoms with Crippen LogP contribution in [0.5, 0.6) is 0 Å². The number of nitrogens with zero attached hydrogens (tertiary/aromatic N) is 2. The molecule has 8 nitrogen and oxygen atoms in total. The maximum atomic E-state index is 12.2. The van der Waals surface area contributed by atoms with Crippen molar-refractivity contribution in [3.05, 3.63) is 47.2 Å². The van der Waals surface area contributed by atoms with Crippen LogP contribution in [0, 0.1) is 0 Å². The lowest BCUT2D eigenvalue weighted by atomic mass is 10.3. The number of thiazole rings is 1. The number of esters is 1. The van der Waals surface area contributed by atoms with Crippen molar-refractivity contribution < 1.29 is 23.5 Å². The summed E-state index contributed by atoms with van der Waals surface area (Å²) in [6, 6.07) is 8.32. The van der Waals surface area contributed by atoms with Gasteiger partial charge in [0, 0.05) is 12.6 Å². The molecule has 0 unspecified atom stereocenters. The molecule has 0 fully saturated rings. The first-order valence-electron chi connectivity index (χ1n) is 7.58. The van der Waals surface area contributed by atoms with Crippen molar-refractivity contribution in [3.63, 3.8) is 0 Å². The van der Waals surface area contributed by atoms with E-state index in [9.17, 15) is 14.4 Å². The number of carbonyl (C=O) groups is 3. The van der Waals surface area contributed by atoms with Crippen molar-refractivity contribution in [3.8, 4) is 0 Å². The zero-order valence-corrected chi connectivity index (χ0v) is 14.8. The van der Waals surface area contributed by atoms with Gasteiger partial charge in [0.05, 0.1) is 23.6 Å². The third-order valence-corrected chi connectivity index (χ3v) is 4.49. The van der Waals surface area contributed by atoms with Crippen LogP contribution in [0.25, 0.3) is 10.2 Å². The normalized spacial score (nSPS) is 11.5. The molecule has 0 aliphatic rings. The molecule has 2 aromatic heterocycles. The first kappa shape index (κ1) is 17.6. The van der Waals surface area contributed by atoms with Crippen LogP contribution >= 0.6 is 11.3 Å². The average molecular weight is 373 g/mol. The predicted molar refractivity (Wildman–Crippen MR) is 94.7 cm³/mol. The molecule has 0 saturated heterocycles. The summed E-state index contributed by atoms with van der Waals surface area (Å²) in [7, 11) is 1.29. The van der Waals surface area contributed by atoms with Gasteiger partial charge in [0.2, 0.25) is 5.91 Å². The standard InChI is InChI=1S/C17H15N3O5S/c1-10(21)18-11-5-6-12-14(8-11)26-17(20(12)9-15(22)24-2)19-16(23)13-4-3-7-25-13/h3-8H,9H2,1-2H3,(H,18,21). The van der Waals surface area contributed by atoms with E-state index < -0.39 is 11.9 Å². The highest BCUT2D eigenvalue weighted by atomic mass is 32.1. The Hall–Kier alpha value is -3.20. The predicted octanol–water partition coefficient (Wildman–Crippen LogP) is 2.17. The summed E-state index contributed by atoms with van der Waals surface area (Å²) < 4.78 is 12.1. The van der Waals surface area contributed by atoms with Crippen LogP contribution in [0.4, 0.5) is 5.69 Å². The van der Waals surface area contributed by atoms with E-state index in [1.165, 1.54) is 37.7 Å². The lowest BCUT2D eigenvalue weighted by molar-refractivity contribution is -0.141. The van der Waals surface area contributed by atoms with E-state index in [4.69, 9.17) is 9.15 Å². The molecule has 0 radical (unpaired) electrons. The van der Waals surface area contributed by atoms with Gasteiger partial charge in [-0.05, 0) is 30.3 Å². The topological polar surface area (TPSA) is 103 Å². The van der Waals surface area contributed by atoms with Gasteiger partial charge in [0.25, 0.3) is 0 Å². The van der Waals surface area contributed by atoms with Crippen molar-refractivity contribution in [2.75, 3.05) is 12.4 Å². The van der Waals surface area contributed by atoms with Crippen molar-refractivity contribution >= 4 is 45.0 Å². The molecule has 0 spiro atoms. The molecule has 0 aliphatic heterocycles. The Morgan fingerprint density at radius 1 is 1.31 bits per heavy atom. The van der Waals surface area contributed by atoms with Gasteiger partial charge in [-0.25, -0.2) is 0 Å². The summed E-state index contributed by atoms with van der Waals surface area (Å²) in [6.45, 7) is 1.32. The first-order chi connectivity index (χ1) is 12.5. The summed E-state index contributed by atoms with van der Waals surface area (Å²) in [5.41, 5.74) is 1.31. The number of hydrogen-bond acceptors (Lipinski definition) is 6. The van der Waals surface area contributed by atoms with E-state index in [-0.39, 0.29) is 18.2 Å². The quantitative estimate of drug-likeness (QED) is 0.706. The van der Waals surface area contributed by atoms with Crippen LogP contribution < -0.4 is 10.1 Å². The molecular formula is C17H15N3O5S. The van der Waals surface area contributed by atoms with Crippen molar-refractivity contribution in [2.24, 2.45) is 4.99 Å². The number of anilines is 1. The number of aromatic nitrogens is 1. The molecule has 3 rings (SSSR count). The Morgan fingerprint density at radius 3 is 2.77 bits per heavy atom. The molecule has 0 atom stereocenters. The van der Waals surface area contributed by atoms with E-state index >= 15 is 0 Å². The molecule has 0 aliphatic carbocycles. The molecular weight excluding hydrogens is 358 g/mol. The summed E-state index contributed by atoms with van der Waals surface area (Å²) >= 11 is 1.22. The number of ether oxygens (including phenoxy) is 1. The molecule has 0 bridgehead atoms. The van der Waals surface area contributed by atoms with Gasteiger partial charge in [0.15, 0.2) is 10.6 Å². The van der Waals surface area contributed by atoms with Crippen LogP contribution in [0.1, 0.15) is 17.5 Å². The van der Waals surface area contributed by atoms with Crippen LogP contribution in [0.15, 0.2) is 46.0 Å². The van der Waals surface area contributed by atoms with Crippen LogP contribution in [-0.4, -0.2) is 29.5 Å². The number of methoxy groups -OCH3 is 1. The first-order valence-corrected chi connectivity index (χ1v) is 8.40. The fourth-order valence-corrected chi connectivity index (χ4v) is 3.40. The minimum Gasteiger partial charge on any atom is -0.468 e. The molecule has 0 saturated carbocycles. The zero-order chi connectivity index (χ0) is 18.7. The van der Waals surface area contributed by atoms with E-state index in [0.29, 0.717) is 16.0 Å². The van der Waals surface area contributed by atoms with Gasteiger partial charge >= 0.3 is 11.9 Å². The molecule has 26 heavy (non-hydrogen) atoms. The van der Waals surface area contributed by atoms with Crippen LogP contribution in [0.3, 0.4) is 0 Å². The minimum atomic E-state index is -0.553. The van der Waals surface area contributed by atoms with Crippen molar-refractivity contribution in [1.82, 2.24) is 4.57 Å². The zero-order valence-electron chi connectivity index (χ0n) is 14.0. The molecule has 1 aromatic carbocycles. The van der Waals surface area contributed by atoms with Gasteiger partial charge in [-0.1, -0.05) is 11.3 Å². The summed E-state index contributed by atoms with van der Waals surface area (Å²) in [6.07, 6.45) is 1.38. The number of amides is 2. The van der Waals surface area contributed by atoms with Gasteiger partial charge in [-0.15, -0.1) is 0 Å². The van der Waals surface area contributed by atoms with Crippen LogP contribution in [-0.2, 0) is 20.9 Å². The van der Waals surface area contributed by atoms with Gasteiger partial charge in [-0.3, -0.25) is 14.4 Å². The maximum Gasteiger partial charge on any atom is 0.325 e. The Kier molecular flexibility index (Phi) is 4.99. The largest absolute Gasteiger partial charge is 0.468 e. The second-order valence-corrected chi connectivity index (χ2v) is 6.31. The summed E-state index contributed by atoms with van der Waals surface area (Å²) in [5.74, 6) is -1.11. The Morgan fingerprint density at radius 2 is 2.12 bits per heavy atom. The van der Waals surface area contributed by atoms with E-state index in [2.05, 4.69) is 10.3 Å².